The van der Waals surface area contributed by atoms with E-state index >= 15 is 0 Å². The van der Waals surface area contributed by atoms with Gasteiger partial charge < -0.3 is 14.9 Å². The monoisotopic (exact) mass is 384 g/mol. The number of carbonyl (C=O) groups is 1. The predicted molar refractivity (Wildman–Crippen MR) is 103 cm³/mol. The molecule has 146 valence electrons. The zero-order valence-corrected chi connectivity index (χ0v) is 15.8. The number of benzene rings is 1. The van der Waals surface area contributed by atoms with E-state index in [2.05, 4.69) is 20.7 Å². The molecule has 0 aliphatic heterocycles. The minimum atomic E-state index is -1.00. The largest absolute Gasteiger partial charge is 0.389 e. The van der Waals surface area contributed by atoms with Crippen molar-refractivity contribution < 1.29 is 18.8 Å². The molecule has 0 bridgehead atoms. The first-order chi connectivity index (χ1) is 13.2. The predicted octanol–water partition coefficient (Wildman–Crippen LogP) is 3.18. The highest BCUT2D eigenvalue weighted by Crippen LogP contribution is 2.27. The van der Waals surface area contributed by atoms with Gasteiger partial charge in [0, 0.05) is 17.7 Å². The Labute approximate surface area is 161 Å². The molecule has 0 aliphatic rings. The van der Waals surface area contributed by atoms with E-state index in [1.807, 2.05) is 0 Å². The van der Waals surface area contributed by atoms with Crippen LogP contribution in [0.1, 0.15) is 41.4 Å². The molecule has 8 heteroatoms. The Bertz CT molecular complexity index is 997. The third-order valence-electron chi connectivity index (χ3n) is 3.97. The quantitative estimate of drug-likeness (QED) is 0.605. The Morgan fingerprint density at radius 1 is 1.32 bits per heavy atom. The second-order valence-corrected chi connectivity index (χ2v) is 7.04. The standard InChI is InChI=1S/C20H21FN4O3/c1-12-16(18(25-28-12)13-4-6-14(21)7-5-13)9-8-15-10-17(24-23-15)19(26)22-11-20(2,3)27/h4-10,27H,11H2,1-3H3,(H,22,26)(H,23,24)/b9-8+. The molecule has 3 aromatic rings. The van der Waals surface area contributed by atoms with Crippen molar-refractivity contribution in [1.82, 2.24) is 20.7 Å². The highest BCUT2D eigenvalue weighted by atomic mass is 19.1. The molecule has 0 atom stereocenters. The van der Waals surface area contributed by atoms with Gasteiger partial charge >= 0.3 is 0 Å². The van der Waals surface area contributed by atoms with Gasteiger partial charge in [0.1, 0.15) is 17.3 Å². The van der Waals surface area contributed by atoms with Crippen molar-refractivity contribution in [2.45, 2.75) is 26.4 Å². The number of aromatic amines is 1. The van der Waals surface area contributed by atoms with Gasteiger partial charge in [-0.25, -0.2) is 4.39 Å². The van der Waals surface area contributed by atoms with Crippen LogP contribution in [0.4, 0.5) is 4.39 Å². The summed E-state index contributed by atoms with van der Waals surface area (Å²) in [6.45, 7) is 5.10. The Balaban J connectivity index is 1.77. The maximum Gasteiger partial charge on any atom is 0.271 e. The van der Waals surface area contributed by atoms with Crippen molar-refractivity contribution in [2.24, 2.45) is 0 Å². The van der Waals surface area contributed by atoms with E-state index < -0.39 is 5.60 Å². The van der Waals surface area contributed by atoms with Gasteiger partial charge in [-0.3, -0.25) is 9.89 Å². The average molecular weight is 384 g/mol. The molecule has 2 heterocycles. The van der Waals surface area contributed by atoms with E-state index in [0.29, 0.717) is 17.1 Å². The summed E-state index contributed by atoms with van der Waals surface area (Å²) in [6, 6.07) is 7.58. The first-order valence-corrected chi connectivity index (χ1v) is 8.69. The zero-order valence-electron chi connectivity index (χ0n) is 15.8. The van der Waals surface area contributed by atoms with Crippen LogP contribution in [0.5, 0.6) is 0 Å². The van der Waals surface area contributed by atoms with Crippen LogP contribution in [0.2, 0.25) is 0 Å². The van der Waals surface area contributed by atoms with Crippen LogP contribution in [0.3, 0.4) is 0 Å². The van der Waals surface area contributed by atoms with Gasteiger partial charge in [-0.1, -0.05) is 5.16 Å². The summed E-state index contributed by atoms with van der Waals surface area (Å²) in [4.78, 5) is 12.1. The molecular weight excluding hydrogens is 363 g/mol. The summed E-state index contributed by atoms with van der Waals surface area (Å²) in [7, 11) is 0. The van der Waals surface area contributed by atoms with Crippen LogP contribution in [0.15, 0.2) is 34.9 Å². The molecule has 2 aromatic heterocycles. The van der Waals surface area contributed by atoms with Crippen molar-refractivity contribution in [3.8, 4) is 11.3 Å². The van der Waals surface area contributed by atoms with Gasteiger partial charge in [0.2, 0.25) is 0 Å². The Morgan fingerprint density at radius 3 is 2.71 bits per heavy atom. The average Bonchev–Trinajstić information content (AvgIpc) is 3.25. The van der Waals surface area contributed by atoms with Gasteiger partial charge in [0.05, 0.1) is 11.3 Å². The zero-order chi connectivity index (χ0) is 20.3. The van der Waals surface area contributed by atoms with Crippen LogP contribution in [-0.2, 0) is 0 Å². The normalized spacial score (nSPS) is 11.9. The fraction of sp³-hybridized carbons (Fsp3) is 0.250. The van der Waals surface area contributed by atoms with E-state index in [0.717, 1.165) is 11.1 Å². The molecule has 0 spiro atoms. The summed E-state index contributed by atoms with van der Waals surface area (Å²) >= 11 is 0. The van der Waals surface area contributed by atoms with E-state index in [4.69, 9.17) is 4.52 Å². The van der Waals surface area contributed by atoms with Crippen LogP contribution < -0.4 is 5.32 Å². The van der Waals surface area contributed by atoms with Gasteiger partial charge in [-0.15, -0.1) is 0 Å². The van der Waals surface area contributed by atoms with Crippen molar-refractivity contribution in [3.05, 3.63) is 58.9 Å². The second-order valence-electron chi connectivity index (χ2n) is 7.04. The smallest absolute Gasteiger partial charge is 0.271 e. The Morgan fingerprint density at radius 2 is 2.04 bits per heavy atom. The number of hydrogen-bond acceptors (Lipinski definition) is 5. The third-order valence-corrected chi connectivity index (χ3v) is 3.97. The van der Waals surface area contributed by atoms with Gasteiger partial charge in [0.25, 0.3) is 5.91 Å². The summed E-state index contributed by atoms with van der Waals surface area (Å²) in [5.74, 6) is -0.0988. The molecule has 0 radical (unpaired) electrons. The Hall–Kier alpha value is -3.26. The number of amides is 1. The molecular formula is C20H21FN4O3. The van der Waals surface area contributed by atoms with Gasteiger partial charge in [-0.05, 0) is 63.3 Å². The molecule has 3 rings (SSSR count). The number of nitrogens with zero attached hydrogens (tertiary/aromatic N) is 2. The number of rotatable bonds is 6. The first kappa shape index (κ1) is 19.5. The molecule has 0 saturated carbocycles. The third kappa shape index (κ3) is 4.72. The number of halogens is 1. The van der Waals surface area contributed by atoms with Crippen LogP contribution in [-0.4, -0.2) is 38.5 Å². The maximum atomic E-state index is 13.1. The highest BCUT2D eigenvalue weighted by molar-refractivity contribution is 5.93. The lowest BCUT2D eigenvalue weighted by atomic mass is 10.1. The summed E-state index contributed by atoms with van der Waals surface area (Å²) in [5, 5.41) is 23.1. The van der Waals surface area contributed by atoms with E-state index in [1.54, 1.807) is 51.1 Å². The number of aryl methyl sites for hydroxylation is 1. The fourth-order valence-corrected chi connectivity index (χ4v) is 2.49. The number of aromatic nitrogens is 3. The van der Waals surface area contributed by atoms with Gasteiger partial charge in [0.15, 0.2) is 5.69 Å². The van der Waals surface area contributed by atoms with Crippen molar-refractivity contribution in [2.75, 3.05) is 6.54 Å². The molecule has 0 fully saturated rings. The molecule has 7 nitrogen and oxygen atoms in total. The lowest BCUT2D eigenvalue weighted by Gasteiger charge is -2.16. The summed E-state index contributed by atoms with van der Waals surface area (Å²) in [6.07, 6.45) is 3.53. The molecule has 3 N–H and O–H groups in total. The number of nitrogens with one attached hydrogen (secondary N) is 2. The second kappa shape index (κ2) is 7.77. The van der Waals surface area contributed by atoms with Crippen molar-refractivity contribution in [3.63, 3.8) is 0 Å². The molecule has 0 saturated heterocycles. The lowest BCUT2D eigenvalue weighted by Crippen LogP contribution is -2.38. The fourth-order valence-electron chi connectivity index (χ4n) is 2.49. The van der Waals surface area contributed by atoms with Crippen molar-refractivity contribution >= 4 is 18.1 Å². The Kier molecular flexibility index (Phi) is 5.41. The topological polar surface area (TPSA) is 104 Å². The minimum absolute atomic E-state index is 0.116. The van der Waals surface area contributed by atoms with Crippen LogP contribution in [0, 0.1) is 12.7 Å². The van der Waals surface area contributed by atoms with Crippen molar-refractivity contribution in [1.29, 1.82) is 0 Å². The molecule has 0 aliphatic carbocycles. The van der Waals surface area contributed by atoms with E-state index in [1.165, 1.54) is 12.1 Å². The number of hydrogen-bond donors (Lipinski definition) is 3. The first-order valence-electron chi connectivity index (χ1n) is 8.69. The summed E-state index contributed by atoms with van der Waals surface area (Å²) < 4.78 is 18.4. The molecule has 1 amide bonds. The minimum Gasteiger partial charge on any atom is -0.389 e. The number of carbonyl (C=O) groups excluding carboxylic acids is 1. The summed E-state index contributed by atoms with van der Waals surface area (Å²) in [5.41, 5.74) is 1.89. The SMILES string of the molecule is Cc1onc(-c2ccc(F)cc2)c1/C=C/c1cc(C(=O)NCC(C)(C)O)n[nH]1. The lowest BCUT2D eigenvalue weighted by molar-refractivity contribution is 0.0692. The van der Waals surface area contributed by atoms with E-state index in [9.17, 15) is 14.3 Å². The molecule has 28 heavy (non-hydrogen) atoms. The molecule has 1 aromatic carbocycles. The number of H-pyrrole nitrogens is 1. The van der Waals surface area contributed by atoms with Crippen LogP contribution in [0.25, 0.3) is 23.4 Å². The molecule has 0 unspecified atom stereocenters. The highest BCUT2D eigenvalue weighted by Gasteiger charge is 2.17. The number of aliphatic hydroxyl groups is 1. The van der Waals surface area contributed by atoms with E-state index in [-0.39, 0.29) is 24.0 Å². The van der Waals surface area contributed by atoms with Gasteiger partial charge in [-0.2, -0.15) is 5.10 Å². The van der Waals surface area contributed by atoms with Crippen LogP contribution >= 0.6 is 0 Å². The maximum absolute atomic E-state index is 13.1.